The van der Waals surface area contributed by atoms with Crippen molar-refractivity contribution in [3.8, 4) is 11.5 Å². The number of phenolic OH excluding ortho intramolecular Hbond substituents is 1. The van der Waals surface area contributed by atoms with Crippen LogP contribution in [-0.2, 0) is 5.41 Å². The Morgan fingerprint density at radius 3 is 2.85 bits per heavy atom. The van der Waals surface area contributed by atoms with Gasteiger partial charge in [-0.3, -0.25) is 0 Å². The summed E-state index contributed by atoms with van der Waals surface area (Å²) < 4.78 is 19.3. The number of ether oxygens (including phenoxy) is 1. The molecule has 0 bridgehead atoms. The SMILES string of the molecule is O=NCCN1CCC2(CC1)COc1c2ccc(O)c1F. The van der Waals surface area contributed by atoms with Crippen molar-refractivity contribution in [3.05, 3.63) is 28.4 Å². The van der Waals surface area contributed by atoms with Crippen LogP contribution in [0.1, 0.15) is 18.4 Å². The summed E-state index contributed by atoms with van der Waals surface area (Å²) in [6.45, 7) is 3.14. The van der Waals surface area contributed by atoms with E-state index in [2.05, 4.69) is 10.1 Å². The minimum atomic E-state index is -0.660. The van der Waals surface area contributed by atoms with Crippen LogP contribution in [0.4, 0.5) is 4.39 Å². The largest absolute Gasteiger partial charge is 0.505 e. The zero-order valence-corrected chi connectivity index (χ0v) is 11.1. The van der Waals surface area contributed by atoms with Gasteiger partial charge < -0.3 is 14.7 Å². The summed E-state index contributed by atoms with van der Waals surface area (Å²) in [4.78, 5) is 12.4. The molecule has 0 amide bonds. The standard InChI is InChI=1S/C14H17FN2O3/c15-12-11(18)2-1-10-13(12)20-9-14(10)3-6-17(7-4-14)8-5-16-19/h1-2,18H,3-9H2. The molecule has 6 heteroatoms. The smallest absolute Gasteiger partial charge is 0.206 e. The molecule has 1 fully saturated rings. The van der Waals surface area contributed by atoms with Gasteiger partial charge in [-0.25, -0.2) is 0 Å². The predicted molar refractivity (Wildman–Crippen MR) is 71.6 cm³/mol. The van der Waals surface area contributed by atoms with Crippen LogP contribution in [0, 0.1) is 10.7 Å². The second-order valence-electron chi connectivity index (χ2n) is 5.54. The van der Waals surface area contributed by atoms with E-state index in [1.54, 1.807) is 6.07 Å². The van der Waals surface area contributed by atoms with E-state index in [1.165, 1.54) is 6.07 Å². The van der Waals surface area contributed by atoms with E-state index in [9.17, 15) is 14.4 Å². The first-order valence-electron chi connectivity index (χ1n) is 6.82. The second kappa shape index (κ2) is 5.01. The fourth-order valence-electron chi connectivity index (χ4n) is 3.19. The third-order valence-corrected chi connectivity index (χ3v) is 4.46. The Morgan fingerprint density at radius 2 is 2.15 bits per heavy atom. The highest BCUT2D eigenvalue weighted by Gasteiger charge is 2.44. The molecule has 2 aliphatic rings. The molecule has 1 aromatic carbocycles. The lowest BCUT2D eigenvalue weighted by Gasteiger charge is -2.38. The molecule has 1 spiro atoms. The monoisotopic (exact) mass is 280 g/mol. The van der Waals surface area contributed by atoms with Crippen molar-refractivity contribution < 1.29 is 14.2 Å². The Bertz CT molecular complexity index is 527. The molecule has 1 saturated heterocycles. The van der Waals surface area contributed by atoms with Gasteiger partial charge in [0.1, 0.15) is 0 Å². The van der Waals surface area contributed by atoms with Crippen LogP contribution in [0.15, 0.2) is 17.3 Å². The lowest BCUT2D eigenvalue weighted by molar-refractivity contribution is 0.137. The van der Waals surface area contributed by atoms with E-state index in [-0.39, 0.29) is 16.9 Å². The van der Waals surface area contributed by atoms with Gasteiger partial charge in [0.2, 0.25) is 5.82 Å². The van der Waals surface area contributed by atoms with E-state index in [1.807, 2.05) is 0 Å². The molecule has 0 saturated carbocycles. The third-order valence-electron chi connectivity index (χ3n) is 4.46. The van der Waals surface area contributed by atoms with Gasteiger partial charge in [-0.2, -0.15) is 9.30 Å². The molecule has 0 aromatic heterocycles. The number of nitrogens with zero attached hydrogens (tertiary/aromatic N) is 2. The number of nitroso groups, excluding NO2 is 1. The molecule has 1 N–H and O–H groups in total. The number of likely N-dealkylation sites (tertiary alicyclic amines) is 1. The van der Waals surface area contributed by atoms with Gasteiger partial charge in [0.05, 0.1) is 13.2 Å². The summed E-state index contributed by atoms with van der Waals surface area (Å²) in [7, 11) is 0. The molecule has 2 aliphatic heterocycles. The van der Waals surface area contributed by atoms with Crippen molar-refractivity contribution in [2.75, 3.05) is 32.8 Å². The molecule has 0 aliphatic carbocycles. The van der Waals surface area contributed by atoms with Gasteiger partial charge in [0.25, 0.3) is 0 Å². The summed E-state index contributed by atoms with van der Waals surface area (Å²) in [6, 6.07) is 3.16. The second-order valence-corrected chi connectivity index (χ2v) is 5.54. The van der Waals surface area contributed by atoms with Crippen molar-refractivity contribution >= 4 is 0 Å². The average molecular weight is 280 g/mol. The number of rotatable bonds is 3. The maximum absolute atomic E-state index is 13.9. The number of piperidine rings is 1. The number of hydrogen-bond acceptors (Lipinski definition) is 5. The summed E-state index contributed by atoms with van der Waals surface area (Å²) in [6.07, 6.45) is 1.73. The molecule has 20 heavy (non-hydrogen) atoms. The summed E-state index contributed by atoms with van der Waals surface area (Å²) in [5, 5.41) is 12.3. The number of benzene rings is 1. The fourth-order valence-corrected chi connectivity index (χ4v) is 3.19. The first-order valence-corrected chi connectivity index (χ1v) is 6.82. The number of hydrogen-bond donors (Lipinski definition) is 1. The van der Waals surface area contributed by atoms with E-state index in [0.717, 1.165) is 31.5 Å². The van der Waals surface area contributed by atoms with E-state index in [0.29, 0.717) is 19.7 Å². The van der Waals surface area contributed by atoms with Gasteiger partial charge >= 0.3 is 0 Å². The molecule has 108 valence electrons. The van der Waals surface area contributed by atoms with Gasteiger partial charge in [0, 0.05) is 17.5 Å². The molecule has 0 unspecified atom stereocenters. The number of fused-ring (bicyclic) bond motifs is 2. The zero-order chi connectivity index (χ0) is 14.2. The van der Waals surface area contributed by atoms with Crippen molar-refractivity contribution in [1.82, 2.24) is 4.90 Å². The lowest BCUT2D eigenvalue weighted by Crippen LogP contribution is -2.44. The van der Waals surface area contributed by atoms with Crippen molar-refractivity contribution in [2.24, 2.45) is 5.18 Å². The van der Waals surface area contributed by atoms with Crippen LogP contribution in [0.5, 0.6) is 11.5 Å². The molecule has 2 heterocycles. The summed E-state index contributed by atoms with van der Waals surface area (Å²) in [5.74, 6) is -0.824. The first-order chi connectivity index (χ1) is 9.66. The molecule has 0 atom stereocenters. The maximum Gasteiger partial charge on any atom is 0.206 e. The minimum Gasteiger partial charge on any atom is -0.505 e. The van der Waals surface area contributed by atoms with Crippen LogP contribution in [0.3, 0.4) is 0 Å². The zero-order valence-electron chi connectivity index (χ0n) is 11.1. The minimum absolute atomic E-state index is 0.158. The molecular weight excluding hydrogens is 263 g/mol. The van der Waals surface area contributed by atoms with Crippen LogP contribution >= 0.6 is 0 Å². The van der Waals surface area contributed by atoms with E-state index >= 15 is 0 Å². The van der Waals surface area contributed by atoms with Crippen molar-refractivity contribution in [1.29, 1.82) is 0 Å². The predicted octanol–water partition coefficient (Wildman–Crippen LogP) is 2.02. The Morgan fingerprint density at radius 1 is 1.40 bits per heavy atom. The van der Waals surface area contributed by atoms with Gasteiger partial charge in [-0.15, -0.1) is 0 Å². The van der Waals surface area contributed by atoms with Gasteiger partial charge in [0.15, 0.2) is 11.5 Å². The van der Waals surface area contributed by atoms with Crippen molar-refractivity contribution in [3.63, 3.8) is 0 Å². The van der Waals surface area contributed by atoms with E-state index in [4.69, 9.17) is 4.74 Å². The molecule has 5 nitrogen and oxygen atoms in total. The van der Waals surface area contributed by atoms with Crippen LogP contribution in [0.25, 0.3) is 0 Å². The Labute approximate surface area is 116 Å². The molecular formula is C14H17FN2O3. The lowest BCUT2D eigenvalue weighted by atomic mass is 9.74. The topological polar surface area (TPSA) is 62.1 Å². The Balaban J connectivity index is 1.78. The number of aromatic hydroxyl groups is 1. The Kier molecular flexibility index (Phi) is 3.33. The van der Waals surface area contributed by atoms with Crippen LogP contribution < -0.4 is 4.74 Å². The average Bonchev–Trinajstić information content (AvgIpc) is 2.82. The maximum atomic E-state index is 13.9. The van der Waals surface area contributed by atoms with Crippen molar-refractivity contribution in [2.45, 2.75) is 18.3 Å². The third kappa shape index (κ3) is 2.04. The van der Waals surface area contributed by atoms with Crippen LogP contribution in [-0.4, -0.2) is 42.8 Å². The molecule has 3 rings (SSSR count). The quantitative estimate of drug-likeness (QED) is 0.860. The fraction of sp³-hybridized carbons (Fsp3) is 0.571. The molecule has 1 aromatic rings. The number of phenols is 1. The number of halogens is 1. The Hall–Kier alpha value is -1.69. The van der Waals surface area contributed by atoms with Gasteiger partial charge in [-0.1, -0.05) is 11.2 Å². The summed E-state index contributed by atoms with van der Waals surface area (Å²) in [5.41, 5.74) is 0.704. The van der Waals surface area contributed by atoms with E-state index < -0.39 is 5.82 Å². The normalized spacial score (nSPS) is 20.6. The highest BCUT2D eigenvalue weighted by molar-refractivity contribution is 5.49. The summed E-state index contributed by atoms with van der Waals surface area (Å²) >= 11 is 0. The highest BCUT2D eigenvalue weighted by Crippen LogP contribution is 2.48. The van der Waals surface area contributed by atoms with Gasteiger partial charge in [-0.05, 0) is 32.0 Å². The molecule has 0 radical (unpaired) electrons. The first kappa shape index (κ1) is 13.3. The highest BCUT2D eigenvalue weighted by atomic mass is 19.1. The van der Waals surface area contributed by atoms with Crippen LogP contribution in [0.2, 0.25) is 0 Å².